The number of hydrogen-bond donors (Lipinski definition) is 0. The normalized spacial score (nSPS) is 13.7. The van der Waals surface area contributed by atoms with Gasteiger partial charge in [0.2, 0.25) is 0 Å². The maximum absolute atomic E-state index is 12.7. The standard InChI is InChI=1S/C26H25N5O2S/c1-19-3-2-4-23(17-19)31-24(21-9-11-27-12-10-21)28-29-26(31)34-18-20-5-7-22(8-6-20)25(32)30-13-15-33-16-14-30/h2-12,17H,13-16,18H2,1H3. The van der Waals surface area contributed by atoms with Crippen molar-refractivity contribution in [3.8, 4) is 17.1 Å². The first-order valence-electron chi connectivity index (χ1n) is 11.2. The molecule has 1 aliphatic heterocycles. The molecule has 1 saturated heterocycles. The Morgan fingerprint density at radius 3 is 2.50 bits per heavy atom. The lowest BCUT2D eigenvalue weighted by Gasteiger charge is -2.26. The van der Waals surface area contributed by atoms with Crippen molar-refractivity contribution in [1.29, 1.82) is 0 Å². The van der Waals surface area contributed by atoms with E-state index in [4.69, 9.17) is 4.74 Å². The number of carbonyl (C=O) groups is 1. The molecule has 1 aliphatic rings. The molecule has 0 bridgehead atoms. The van der Waals surface area contributed by atoms with Crippen LogP contribution in [0.25, 0.3) is 17.1 Å². The van der Waals surface area contributed by atoms with E-state index in [0.717, 1.165) is 27.8 Å². The van der Waals surface area contributed by atoms with E-state index in [1.807, 2.05) is 47.4 Å². The lowest BCUT2D eigenvalue weighted by atomic mass is 10.1. The zero-order chi connectivity index (χ0) is 23.3. The molecular formula is C26H25N5O2S. The van der Waals surface area contributed by atoms with Gasteiger partial charge in [0, 0.05) is 48.1 Å². The van der Waals surface area contributed by atoms with Gasteiger partial charge in [-0.05, 0) is 54.4 Å². The number of ether oxygens (including phenoxy) is 1. The Kier molecular flexibility index (Phi) is 6.69. The summed E-state index contributed by atoms with van der Waals surface area (Å²) in [6.07, 6.45) is 3.52. The Labute approximate surface area is 202 Å². The van der Waals surface area contributed by atoms with Crippen molar-refractivity contribution in [3.05, 3.63) is 89.7 Å². The van der Waals surface area contributed by atoms with E-state index < -0.39 is 0 Å². The minimum Gasteiger partial charge on any atom is -0.378 e. The number of aromatic nitrogens is 4. The highest BCUT2D eigenvalue weighted by molar-refractivity contribution is 7.98. The predicted molar refractivity (Wildman–Crippen MR) is 132 cm³/mol. The highest BCUT2D eigenvalue weighted by atomic mass is 32.2. The molecule has 0 saturated carbocycles. The van der Waals surface area contributed by atoms with Crippen LogP contribution >= 0.6 is 11.8 Å². The molecule has 4 aromatic rings. The summed E-state index contributed by atoms with van der Waals surface area (Å²) in [6, 6.07) is 20.0. The van der Waals surface area contributed by atoms with Gasteiger partial charge in [-0.15, -0.1) is 10.2 Å². The molecule has 34 heavy (non-hydrogen) atoms. The summed E-state index contributed by atoms with van der Waals surface area (Å²) < 4.78 is 7.43. The minimum absolute atomic E-state index is 0.0590. The second-order valence-electron chi connectivity index (χ2n) is 8.11. The van der Waals surface area contributed by atoms with Gasteiger partial charge in [0.25, 0.3) is 5.91 Å². The number of benzene rings is 2. The molecule has 1 amide bonds. The van der Waals surface area contributed by atoms with Crippen LogP contribution in [0.5, 0.6) is 0 Å². The van der Waals surface area contributed by atoms with Crippen molar-refractivity contribution in [3.63, 3.8) is 0 Å². The molecule has 5 rings (SSSR count). The van der Waals surface area contributed by atoms with E-state index in [1.165, 1.54) is 5.56 Å². The number of rotatable bonds is 6. The molecule has 0 unspecified atom stereocenters. The Hall–Kier alpha value is -3.49. The SMILES string of the molecule is Cc1cccc(-n2c(SCc3ccc(C(=O)N4CCOCC4)cc3)nnc2-c2ccncc2)c1. The average molecular weight is 472 g/mol. The van der Waals surface area contributed by atoms with Crippen molar-refractivity contribution >= 4 is 17.7 Å². The number of thioether (sulfide) groups is 1. The van der Waals surface area contributed by atoms with Gasteiger partial charge in [-0.25, -0.2) is 0 Å². The molecule has 8 heteroatoms. The minimum atomic E-state index is 0.0590. The van der Waals surface area contributed by atoms with Gasteiger partial charge >= 0.3 is 0 Å². The number of aryl methyl sites for hydroxylation is 1. The fraction of sp³-hybridized carbons (Fsp3) is 0.231. The van der Waals surface area contributed by atoms with Crippen LogP contribution in [0.4, 0.5) is 0 Å². The van der Waals surface area contributed by atoms with Crippen molar-refractivity contribution in [1.82, 2.24) is 24.6 Å². The first-order valence-corrected chi connectivity index (χ1v) is 12.2. The summed E-state index contributed by atoms with van der Waals surface area (Å²) in [6.45, 7) is 4.56. The van der Waals surface area contributed by atoms with E-state index >= 15 is 0 Å². The summed E-state index contributed by atoms with van der Waals surface area (Å²) >= 11 is 1.62. The third kappa shape index (κ3) is 4.88. The molecule has 2 aromatic carbocycles. The van der Waals surface area contributed by atoms with Crippen LogP contribution < -0.4 is 0 Å². The first kappa shape index (κ1) is 22.3. The van der Waals surface area contributed by atoms with E-state index in [2.05, 4.69) is 44.9 Å². The van der Waals surface area contributed by atoms with E-state index in [9.17, 15) is 4.79 Å². The van der Waals surface area contributed by atoms with Gasteiger partial charge in [-0.1, -0.05) is 36.0 Å². The van der Waals surface area contributed by atoms with Gasteiger partial charge in [0.05, 0.1) is 13.2 Å². The van der Waals surface area contributed by atoms with Gasteiger partial charge in [0.1, 0.15) is 0 Å². The van der Waals surface area contributed by atoms with Crippen molar-refractivity contribution in [2.45, 2.75) is 17.8 Å². The van der Waals surface area contributed by atoms with Gasteiger partial charge in [0.15, 0.2) is 11.0 Å². The molecule has 172 valence electrons. The highest BCUT2D eigenvalue weighted by Gasteiger charge is 2.19. The van der Waals surface area contributed by atoms with Gasteiger partial charge < -0.3 is 9.64 Å². The van der Waals surface area contributed by atoms with Crippen LogP contribution in [0.15, 0.2) is 78.2 Å². The van der Waals surface area contributed by atoms with E-state index in [1.54, 1.807) is 24.2 Å². The number of nitrogens with zero attached hydrogens (tertiary/aromatic N) is 5. The van der Waals surface area contributed by atoms with Crippen LogP contribution in [-0.4, -0.2) is 56.9 Å². The van der Waals surface area contributed by atoms with Gasteiger partial charge in [-0.2, -0.15) is 0 Å². The van der Waals surface area contributed by atoms with Crippen LogP contribution in [0.1, 0.15) is 21.5 Å². The Bertz CT molecular complexity index is 1270. The molecule has 3 heterocycles. The maximum Gasteiger partial charge on any atom is 0.254 e. The average Bonchev–Trinajstić information content (AvgIpc) is 3.32. The molecule has 7 nitrogen and oxygen atoms in total. The molecule has 0 spiro atoms. The Morgan fingerprint density at radius 2 is 1.76 bits per heavy atom. The third-order valence-corrected chi connectivity index (χ3v) is 6.70. The lowest BCUT2D eigenvalue weighted by molar-refractivity contribution is 0.0303. The number of morpholine rings is 1. The van der Waals surface area contributed by atoms with Crippen LogP contribution in [0.3, 0.4) is 0 Å². The second kappa shape index (κ2) is 10.2. The molecule has 0 aliphatic carbocycles. The summed E-state index contributed by atoms with van der Waals surface area (Å²) in [5, 5.41) is 9.81. The maximum atomic E-state index is 12.7. The van der Waals surface area contributed by atoms with E-state index in [-0.39, 0.29) is 5.91 Å². The molecular weight excluding hydrogens is 446 g/mol. The van der Waals surface area contributed by atoms with Gasteiger partial charge in [-0.3, -0.25) is 14.3 Å². The van der Waals surface area contributed by atoms with Crippen LogP contribution in [-0.2, 0) is 10.5 Å². The van der Waals surface area contributed by atoms with Crippen molar-refractivity contribution < 1.29 is 9.53 Å². The second-order valence-corrected chi connectivity index (χ2v) is 9.05. The summed E-state index contributed by atoms with van der Waals surface area (Å²) in [5.41, 5.74) is 4.97. The smallest absolute Gasteiger partial charge is 0.254 e. The summed E-state index contributed by atoms with van der Waals surface area (Å²) in [7, 11) is 0. The van der Waals surface area contributed by atoms with Crippen molar-refractivity contribution in [2.24, 2.45) is 0 Å². The Balaban J connectivity index is 1.36. The largest absolute Gasteiger partial charge is 0.378 e. The monoisotopic (exact) mass is 471 g/mol. The number of pyridine rings is 1. The quantitative estimate of drug-likeness (QED) is 0.388. The highest BCUT2D eigenvalue weighted by Crippen LogP contribution is 2.30. The first-order chi connectivity index (χ1) is 16.7. The Morgan fingerprint density at radius 1 is 1.00 bits per heavy atom. The number of carbonyl (C=O) groups excluding carboxylic acids is 1. The molecule has 1 fully saturated rings. The summed E-state index contributed by atoms with van der Waals surface area (Å²) in [5.74, 6) is 1.55. The zero-order valence-electron chi connectivity index (χ0n) is 18.9. The topological polar surface area (TPSA) is 73.1 Å². The zero-order valence-corrected chi connectivity index (χ0v) is 19.7. The molecule has 2 aromatic heterocycles. The molecule has 0 radical (unpaired) electrons. The van der Waals surface area contributed by atoms with Crippen molar-refractivity contribution in [2.75, 3.05) is 26.3 Å². The molecule has 0 N–H and O–H groups in total. The number of hydrogen-bond acceptors (Lipinski definition) is 6. The predicted octanol–water partition coefficient (Wildman–Crippen LogP) is 4.40. The van der Waals surface area contributed by atoms with Crippen LogP contribution in [0, 0.1) is 6.92 Å². The fourth-order valence-corrected chi connectivity index (χ4v) is 4.80. The fourth-order valence-electron chi connectivity index (χ4n) is 3.89. The van der Waals surface area contributed by atoms with Crippen LogP contribution in [0.2, 0.25) is 0 Å². The lowest BCUT2D eigenvalue weighted by Crippen LogP contribution is -2.40. The number of amides is 1. The third-order valence-electron chi connectivity index (χ3n) is 5.70. The molecule has 0 atom stereocenters. The van der Waals surface area contributed by atoms with E-state index in [0.29, 0.717) is 37.6 Å². The summed E-state index contributed by atoms with van der Waals surface area (Å²) in [4.78, 5) is 18.7.